The zero-order valence-electron chi connectivity index (χ0n) is 12.5. The summed E-state index contributed by atoms with van der Waals surface area (Å²) in [6.07, 6.45) is 1.88. The van der Waals surface area contributed by atoms with E-state index in [0.717, 1.165) is 19.4 Å². The van der Waals surface area contributed by atoms with Crippen LogP contribution in [0, 0.1) is 5.92 Å². The molecule has 2 aliphatic rings. The van der Waals surface area contributed by atoms with Crippen molar-refractivity contribution in [2.75, 3.05) is 19.6 Å². The number of fused-ring (bicyclic) bond motifs is 1. The molecular formula is C13H25N5O2. The number of hydrogen-bond donors (Lipinski definition) is 2. The first-order chi connectivity index (χ1) is 9.31. The van der Waals surface area contributed by atoms with Gasteiger partial charge in [0, 0.05) is 19.6 Å². The van der Waals surface area contributed by atoms with Gasteiger partial charge in [-0.15, -0.1) is 5.10 Å². The zero-order chi connectivity index (χ0) is 14.9. The molecule has 2 rings (SSSR count). The van der Waals surface area contributed by atoms with Gasteiger partial charge in [-0.2, -0.15) is 0 Å². The Kier molecular flexibility index (Phi) is 3.96. The van der Waals surface area contributed by atoms with Crippen LogP contribution in [0.15, 0.2) is 5.10 Å². The number of piperidine rings is 1. The second kappa shape index (κ2) is 5.38. The van der Waals surface area contributed by atoms with Crippen molar-refractivity contribution in [2.24, 2.45) is 22.6 Å². The minimum atomic E-state index is -0.470. The molecule has 1 amide bonds. The van der Waals surface area contributed by atoms with Gasteiger partial charge < -0.3 is 26.1 Å². The Morgan fingerprint density at radius 2 is 2.05 bits per heavy atom. The Morgan fingerprint density at radius 3 is 2.65 bits per heavy atom. The number of likely N-dealkylation sites (tertiary alicyclic amines) is 2. The smallest absolute Gasteiger partial charge is 0.410 e. The molecule has 0 aromatic rings. The molecular weight excluding hydrogens is 258 g/mol. The first kappa shape index (κ1) is 14.7. The van der Waals surface area contributed by atoms with Gasteiger partial charge in [0.15, 0.2) is 0 Å². The number of carbonyl (C=O) groups excluding carboxylic acids is 1. The predicted molar refractivity (Wildman–Crippen MR) is 76.8 cm³/mol. The number of nitrogens with two attached hydrogens (primary N) is 2. The summed E-state index contributed by atoms with van der Waals surface area (Å²) >= 11 is 0. The molecule has 7 heteroatoms. The average molecular weight is 283 g/mol. The lowest BCUT2D eigenvalue weighted by Crippen LogP contribution is -2.51. The van der Waals surface area contributed by atoms with Crippen LogP contribution in [0.1, 0.15) is 33.6 Å². The van der Waals surface area contributed by atoms with Gasteiger partial charge in [-0.25, -0.2) is 4.79 Å². The number of carbonyl (C=O) groups is 1. The zero-order valence-corrected chi connectivity index (χ0v) is 12.5. The first-order valence-electron chi connectivity index (χ1n) is 7.10. The molecule has 0 unspecified atom stereocenters. The Hall–Kier alpha value is -1.66. The highest BCUT2D eigenvalue weighted by Crippen LogP contribution is 2.31. The SMILES string of the molecule is CC(C)(C)OC(=O)N1C[C@@H]2CCCN(C(N)=NN)[C@@H]2C1. The van der Waals surface area contributed by atoms with E-state index in [1.807, 2.05) is 25.7 Å². The second-order valence-corrected chi connectivity index (χ2v) is 6.54. The van der Waals surface area contributed by atoms with E-state index in [-0.39, 0.29) is 12.1 Å². The Bertz CT molecular complexity index is 404. The van der Waals surface area contributed by atoms with Gasteiger partial charge in [-0.3, -0.25) is 0 Å². The molecule has 0 saturated carbocycles. The average Bonchev–Trinajstić information content (AvgIpc) is 2.79. The number of amides is 1. The number of rotatable bonds is 0. The van der Waals surface area contributed by atoms with Crippen molar-refractivity contribution in [1.29, 1.82) is 0 Å². The highest BCUT2D eigenvalue weighted by Gasteiger charge is 2.42. The summed E-state index contributed by atoms with van der Waals surface area (Å²) in [5.41, 5.74) is 5.37. The number of guanidine groups is 1. The number of ether oxygens (including phenoxy) is 1. The van der Waals surface area contributed by atoms with Crippen molar-refractivity contribution in [3.63, 3.8) is 0 Å². The molecule has 4 N–H and O–H groups in total. The quantitative estimate of drug-likeness (QED) is 0.292. The summed E-state index contributed by atoms with van der Waals surface area (Å²) in [5, 5.41) is 3.59. The van der Waals surface area contributed by atoms with Gasteiger partial charge in [0.1, 0.15) is 5.60 Å². The fourth-order valence-electron chi connectivity index (χ4n) is 3.01. The van der Waals surface area contributed by atoms with Crippen molar-refractivity contribution in [3.05, 3.63) is 0 Å². The summed E-state index contributed by atoms with van der Waals surface area (Å²) in [7, 11) is 0. The number of hydrazone groups is 1. The van der Waals surface area contributed by atoms with Crippen molar-refractivity contribution in [2.45, 2.75) is 45.3 Å². The Labute approximate surface area is 119 Å². The van der Waals surface area contributed by atoms with Gasteiger partial charge >= 0.3 is 6.09 Å². The van der Waals surface area contributed by atoms with Crippen LogP contribution in [0.2, 0.25) is 0 Å². The molecule has 2 heterocycles. The van der Waals surface area contributed by atoms with E-state index in [1.165, 1.54) is 0 Å². The van der Waals surface area contributed by atoms with E-state index in [4.69, 9.17) is 16.3 Å². The molecule has 2 aliphatic heterocycles. The van der Waals surface area contributed by atoms with Gasteiger partial charge in [0.2, 0.25) is 5.96 Å². The molecule has 0 aromatic heterocycles. The van der Waals surface area contributed by atoms with E-state index in [2.05, 4.69) is 5.10 Å². The molecule has 0 spiro atoms. The third kappa shape index (κ3) is 3.08. The van der Waals surface area contributed by atoms with Gasteiger partial charge in [-0.05, 0) is 39.5 Å². The lowest BCUT2D eigenvalue weighted by Gasteiger charge is -2.37. The first-order valence-corrected chi connectivity index (χ1v) is 7.10. The van der Waals surface area contributed by atoms with Crippen molar-refractivity contribution in [1.82, 2.24) is 9.80 Å². The van der Waals surface area contributed by atoms with Crippen molar-refractivity contribution in [3.8, 4) is 0 Å². The van der Waals surface area contributed by atoms with E-state index in [9.17, 15) is 4.79 Å². The predicted octanol–water partition coefficient (Wildman–Crippen LogP) is 0.506. The fraction of sp³-hybridized carbons (Fsp3) is 0.846. The molecule has 0 aromatic carbocycles. The summed E-state index contributed by atoms with van der Waals surface area (Å²) in [6, 6.07) is 0.198. The van der Waals surface area contributed by atoms with Crippen LogP contribution in [0.25, 0.3) is 0 Å². The van der Waals surface area contributed by atoms with E-state index in [1.54, 1.807) is 4.90 Å². The highest BCUT2D eigenvalue weighted by atomic mass is 16.6. The summed E-state index contributed by atoms with van der Waals surface area (Å²) in [6.45, 7) is 7.80. The monoisotopic (exact) mass is 283 g/mol. The Morgan fingerprint density at radius 1 is 1.35 bits per heavy atom. The van der Waals surface area contributed by atoms with Gasteiger partial charge in [0.25, 0.3) is 0 Å². The fourth-order valence-corrected chi connectivity index (χ4v) is 3.01. The lowest BCUT2D eigenvalue weighted by atomic mass is 9.92. The standard InChI is InChI=1S/C13H25N5O2/c1-13(2,3)20-12(19)17-7-9-5-4-6-18(10(9)8-17)11(14)16-15/h9-10H,4-8,15H2,1-3H3,(H2,14,16)/t9-,10+/m0/s1. The van der Waals surface area contributed by atoms with Gasteiger partial charge in [0.05, 0.1) is 6.04 Å². The topological polar surface area (TPSA) is 97.2 Å². The molecule has 7 nitrogen and oxygen atoms in total. The normalized spacial score (nSPS) is 27.4. The number of nitrogens with zero attached hydrogens (tertiary/aromatic N) is 3. The molecule has 2 saturated heterocycles. The van der Waals surface area contributed by atoms with Crippen molar-refractivity contribution < 1.29 is 9.53 Å². The molecule has 0 aliphatic carbocycles. The largest absolute Gasteiger partial charge is 0.444 e. The van der Waals surface area contributed by atoms with Crippen LogP contribution < -0.4 is 11.6 Å². The maximum absolute atomic E-state index is 12.1. The maximum Gasteiger partial charge on any atom is 0.410 e. The minimum Gasteiger partial charge on any atom is -0.444 e. The maximum atomic E-state index is 12.1. The summed E-state index contributed by atoms with van der Waals surface area (Å²) in [5.74, 6) is 6.05. The van der Waals surface area contributed by atoms with Crippen LogP contribution in [-0.4, -0.2) is 53.1 Å². The Balaban J connectivity index is 2.04. The molecule has 0 radical (unpaired) electrons. The second-order valence-electron chi connectivity index (χ2n) is 6.54. The summed E-state index contributed by atoms with van der Waals surface area (Å²) in [4.78, 5) is 15.9. The lowest BCUT2D eigenvalue weighted by molar-refractivity contribution is 0.0283. The molecule has 2 fully saturated rings. The van der Waals surface area contributed by atoms with Crippen LogP contribution in [0.4, 0.5) is 4.79 Å². The minimum absolute atomic E-state index is 0.198. The van der Waals surface area contributed by atoms with E-state index in [0.29, 0.717) is 25.0 Å². The third-order valence-electron chi connectivity index (χ3n) is 3.86. The van der Waals surface area contributed by atoms with Crippen LogP contribution in [0.5, 0.6) is 0 Å². The number of hydrogen-bond acceptors (Lipinski definition) is 4. The highest BCUT2D eigenvalue weighted by molar-refractivity contribution is 5.78. The van der Waals surface area contributed by atoms with Crippen molar-refractivity contribution >= 4 is 12.1 Å². The van der Waals surface area contributed by atoms with E-state index < -0.39 is 5.60 Å². The third-order valence-corrected chi connectivity index (χ3v) is 3.86. The van der Waals surface area contributed by atoms with Crippen LogP contribution in [-0.2, 0) is 4.74 Å². The molecule has 114 valence electrons. The molecule has 0 bridgehead atoms. The molecule has 2 atom stereocenters. The van der Waals surface area contributed by atoms with Gasteiger partial charge in [-0.1, -0.05) is 0 Å². The van der Waals surface area contributed by atoms with Crippen LogP contribution in [0.3, 0.4) is 0 Å². The summed E-state index contributed by atoms with van der Waals surface area (Å²) < 4.78 is 5.43. The van der Waals surface area contributed by atoms with E-state index >= 15 is 0 Å². The van der Waals surface area contributed by atoms with Crippen LogP contribution >= 0.6 is 0 Å². The molecule has 20 heavy (non-hydrogen) atoms.